The molecule has 3 heterocycles. The molecule has 0 radical (unpaired) electrons. The maximum absolute atomic E-state index is 13.9. The summed E-state index contributed by atoms with van der Waals surface area (Å²) >= 11 is 0. The third-order valence-corrected chi connectivity index (χ3v) is 6.40. The van der Waals surface area contributed by atoms with Gasteiger partial charge in [-0.2, -0.15) is 0 Å². The maximum atomic E-state index is 13.9. The van der Waals surface area contributed by atoms with Crippen LogP contribution in [0.1, 0.15) is 27.0 Å². The van der Waals surface area contributed by atoms with Crippen LogP contribution in [0.15, 0.2) is 60.9 Å². The van der Waals surface area contributed by atoms with Crippen molar-refractivity contribution in [3.05, 3.63) is 83.2 Å². The number of rotatable bonds is 3. The fourth-order valence-electron chi connectivity index (χ4n) is 4.56. The highest BCUT2D eigenvalue weighted by molar-refractivity contribution is 6.09. The third-order valence-electron chi connectivity index (χ3n) is 6.40. The minimum absolute atomic E-state index is 0.0614. The van der Waals surface area contributed by atoms with Crippen LogP contribution in [-0.2, 0) is 0 Å². The topological polar surface area (TPSA) is 62.2 Å². The summed E-state index contributed by atoms with van der Waals surface area (Å²) < 4.78 is 0. The molecule has 5 rings (SSSR count). The molecule has 0 bridgehead atoms. The van der Waals surface area contributed by atoms with Gasteiger partial charge < -0.3 is 9.80 Å². The molecule has 1 amide bonds. The summed E-state index contributed by atoms with van der Waals surface area (Å²) in [5, 5.41) is 0.905. The molecular weight excluding hydrogens is 410 g/mol. The number of aryl methyl sites for hydroxylation is 2. The summed E-state index contributed by atoms with van der Waals surface area (Å²) in [4.78, 5) is 31.6. The molecule has 0 aliphatic carbocycles. The van der Waals surface area contributed by atoms with E-state index in [1.165, 1.54) is 5.56 Å². The smallest absolute Gasteiger partial charge is 0.255 e. The molecule has 166 valence electrons. The van der Waals surface area contributed by atoms with E-state index >= 15 is 0 Å². The van der Waals surface area contributed by atoms with Crippen molar-refractivity contribution in [2.45, 2.75) is 20.8 Å². The number of pyridine rings is 1. The Bertz CT molecular complexity index is 1330. The van der Waals surface area contributed by atoms with Crippen LogP contribution in [0, 0.1) is 20.8 Å². The van der Waals surface area contributed by atoms with E-state index in [0.29, 0.717) is 32.1 Å². The van der Waals surface area contributed by atoms with Gasteiger partial charge in [0.15, 0.2) is 0 Å². The third kappa shape index (κ3) is 3.93. The van der Waals surface area contributed by atoms with Crippen LogP contribution in [-0.4, -0.2) is 51.9 Å². The predicted octanol–water partition coefficient (Wildman–Crippen LogP) is 4.58. The van der Waals surface area contributed by atoms with E-state index in [1.807, 2.05) is 42.2 Å². The SMILES string of the molecule is Cc1ccc(C)c(-c2nc3ccccc3c(C(=O)N3CCN(c4ncccn4)CC3)c2C)c1. The molecule has 33 heavy (non-hydrogen) atoms. The molecular formula is C27H27N5O. The van der Waals surface area contributed by atoms with Gasteiger partial charge in [0.25, 0.3) is 5.91 Å². The number of aromatic nitrogens is 3. The molecule has 2 aromatic carbocycles. The maximum Gasteiger partial charge on any atom is 0.255 e. The first-order valence-electron chi connectivity index (χ1n) is 11.3. The first kappa shape index (κ1) is 21.1. The number of carbonyl (C=O) groups is 1. The van der Waals surface area contributed by atoms with Crippen molar-refractivity contribution in [2.75, 3.05) is 31.1 Å². The Kier molecular flexibility index (Phi) is 5.50. The highest BCUT2D eigenvalue weighted by Gasteiger charge is 2.27. The monoisotopic (exact) mass is 437 g/mol. The van der Waals surface area contributed by atoms with E-state index in [-0.39, 0.29) is 5.91 Å². The normalized spacial score (nSPS) is 14.0. The van der Waals surface area contributed by atoms with Gasteiger partial charge in [0, 0.05) is 49.5 Å². The van der Waals surface area contributed by atoms with Gasteiger partial charge >= 0.3 is 0 Å². The van der Waals surface area contributed by atoms with Crippen LogP contribution in [0.5, 0.6) is 0 Å². The Morgan fingerprint density at radius 3 is 2.36 bits per heavy atom. The Labute approximate surface area is 193 Å². The zero-order valence-corrected chi connectivity index (χ0v) is 19.2. The summed E-state index contributed by atoms with van der Waals surface area (Å²) in [5.74, 6) is 0.777. The van der Waals surface area contributed by atoms with E-state index in [4.69, 9.17) is 4.98 Å². The van der Waals surface area contributed by atoms with Gasteiger partial charge in [0.05, 0.1) is 16.8 Å². The lowest BCUT2D eigenvalue weighted by molar-refractivity contribution is 0.0747. The summed E-state index contributed by atoms with van der Waals surface area (Å²) in [6, 6.07) is 16.1. The second kappa shape index (κ2) is 8.62. The molecule has 6 nitrogen and oxygen atoms in total. The van der Waals surface area contributed by atoms with E-state index in [1.54, 1.807) is 12.4 Å². The summed E-state index contributed by atoms with van der Waals surface area (Å²) in [6.07, 6.45) is 3.50. The van der Waals surface area contributed by atoms with Crippen LogP contribution in [0.3, 0.4) is 0 Å². The second-order valence-corrected chi connectivity index (χ2v) is 8.62. The lowest BCUT2D eigenvalue weighted by Gasteiger charge is -2.35. The largest absolute Gasteiger partial charge is 0.337 e. The molecule has 0 saturated carbocycles. The predicted molar refractivity (Wildman–Crippen MR) is 132 cm³/mol. The number of para-hydroxylation sites is 1. The van der Waals surface area contributed by atoms with E-state index in [2.05, 4.69) is 46.9 Å². The number of nitrogens with zero attached hydrogens (tertiary/aromatic N) is 5. The number of anilines is 1. The molecule has 1 fully saturated rings. The van der Waals surface area contributed by atoms with Gasteiger partial charge in [0.2, 0.25) is 5.95 Å². The average Bonchev–Trinajstić information content (AvgIpc) is 2.85. The van der Waals surface area contributed by atoms with Gasteiger partial charge in [-0.05, 0) is 50.1 Å². The van der Waals surface area contributed by atoms with Crippen molar-refractivity contribution in [2.24, 2.45) is 0 Å². The first-order valence-corrected chi connectivity index (χ1v) is 11.3. The zero-order valence-electron chi connectivity index (χ0n) is 19.2. The van der Waals surface area contributed by atoms with Crippen LogP contribution < -0.4 is 4.90 Å². The van der Waals surface area contributed by atoms with Crippen molar-refractivity contribution in [3.8, 4) is 11.3 Å². The van der Waals surface area contributed by atoms with Crippen molar-refractivity contribution in [3.63, 3.8) is 0 Å². The van der Waals surface area contributed by atoms with Crippen molar-refractivity contribution in [1.29, 1.82) is 0 Å². The zero-order chi connectivity index (χ0) is 22.9. The van der Waals surface area contributed by atoms with E-state index in [0.717, 1.165) is 38.9 Å². The Hall–Kier alpha value is -3.80. The number of carbonyl (C=O) groups excluding carboxylic acids is 1. The summed E-state index contributed by atoms with van der Waals surface area (Å²) in [7, 11) is 0. The highest BCUT2D eigenvalue weighted by atomic mass is 16.2. The molecule has 0 spiro atoms. The second-order valence-electron chi connectivity index (χ2n) is 8.62. The molecule has 0 N–H and O–H groups in total. The lowest BCUT2D eigenvalue weighted by Crippen LogP contribution is -2.49. The van der Waals surface area contributed by atoms with E-state index in [9.17, 15) is 4.79 Å². The number of hydrogen-bond acceptors (Lipinski definition) is 5. The van der Waals surface area contributed by atoms with Gasteiger partial charge in [-0.15, -0.1) is 0 Å². The first-order chi connectivity index (χ1) is 16.0. The number of fused-ring (bicyclic) bond motifs is 1. The molecule has 0 unspecified atom stereocenters. The molecule has 1 saturated heterocycles. The molecule has 0 atom stereocenters. The molecule has 1 aliphatic heterocycles. The number of piperazine rings is 1. The van der Waals surface area contributed by atoms with Crippen LogP contribution in [0.4, 0.5) is 5.95 Å². The summed E-state index contributed by atoms with van der Waals surface area (Å²) in [5.41, 5.74) is 6.83. The molecule has 2 aromatic heterocycles. The fourth-order valence-corrected chi connectivity index (χ4v) is 4.56. The van der Waals surface area contributed by atoms with Crippen LogP contribution in [0.2, 0.25) is 0 Å². The van der Waals surface area contributed by atoms with Gasteiger partial charge in [-0.1, -0.05) is 35.9 Å². The van der Waals surface area contributed by atoms with Crippen molar-refractivity contribution >= 4 is 22.8 Å². The Morgan fingerprint density at radius 2 is 1.61 bits per heavy atom. The lowest BCUT2D eigenvalue weighted by atomic mass is 9.94. The van der Waals surface area contributed by atoms with Crippen molar-refractivity contribution in [1.82, 2.24) is 19.9 Å². The standard InChI is InChI=1S/C27H27N5O/c1-18-9-10-19(2)22(17-18)25-20(3)24(21-7-4-5-8-23(21)30-25)26(33)31-13-15-32(16-14-31)27-28-11-6-12-29-27/h4-12,17H,13-16H2,1-3H3. The molecule has 6 heteroatoms. The number of benzene rings is 2. The minimum atomic E-state index is 0.0614. The highest BCUT2D eigenvalue weighted by Crippen LogP contribution is 2.33. The van der Waals surface area contributed by atoms with Crippen LogP contribution in [0.25, 0.3) is 22.2 Å². The van der Waals surface area contributed by atoms with E-state index < -0.39 is 0 Å². The number of amides is 1. The van der Waals surface area contributed by atoms with Gasteiger partial charge in [0.1, 0.15) is 0 Å². The van der Waals surface area contributed by atoms with Gasteiger partial charge in [-0.25, -0.2) is 15.0 Å². The summed E-state index contributed by atoms with van der Waals surface area (Å²) in [6.45, 7) is 8.89. The van der Waals surface area contributed by atoms with Gasteiger partial charge in [-0.3, -0.25) is 4.79 Å². The average molecular weight is 438 g/mol. The molecule has 4 aromatic rings. The van der Waals surface area contributed by atoms with Crippen molar-refractivity contribution < 1.29 is 4.79 Å². The fraction of sp³-hybridized carbons (Fsp3) is 0.259. The molecule has 1 aliphatic rings. The Morgan fingerprint density at radius 1 is 0.879 bits per heavy atom. The quantitative estimate of drug-likeness (QED) is 0.470. The minimum Gasteiger partial charge on any atom is -0.337 e. The van der Waals surface area contributed by atoms with Crippen LogP contribution >= 0.6 is 0 Å². The number of hydrogen-bond donors (Lipinski definition) is 0. The Balaban J connectivity index is 1.53.